The second-order valence-corrected chi connectivity index (χ2v) is 6.92. The Balaban J connectivity index is 1.72. The summed E-state index contributed by atoms with van der Waals surface area (Å²) < 4.78 is 5.26. The molecular weight excluding hydrogens is 410 g/mol. The molecule has 0 saturated heterocycles. The van der Waals surface area contributed by atoms with Gasteiger partial charge in [0.05, 0.1) is 31.0 Å². The van der Waals surface area contributed by atoms with Gasteiger partial charge in [0.2, 0.25) is 0 Å². The minimum absolute atomic E-state index is 0.127. The fraction of sp³-hybridized carbons (Fsp3) is 0.130. The average molecular weight is 431 g/mol. The Bertz CT molecular complexity index is 1320. The van der Waals surface area contributed by atoms with Crippen LogP contribution in [0, 0.1) is 0 Å². The quantitative estimate of drug-likeness (QED) is 0.354. The average Bonchev–Trinajstić information content (AvgIpc) is 2.83. The lowest BCUT2D eigenvalue weighted by molar-refractivity contribution is 0.0945. The molecule has 0 fully saturated rings. The third-order valence-electron chi connectivity index (χ3n) is 4.81. The number of hydrogen-bond acceptors (Lipinski definition) is 7. The first-order chi connectivity index (χ1) is 15.6. The van der Waals surface area contributed by atoms with Crippen molar-refractivity contribution in [2.45, 2.75) is 0 Å². The van der Waals surface area contributed by atoms with Crippen molar-refractivity contribution < 1.29 is 14.6 Å². The van der Waals surface area contributed by atoms with Crippen LogP contribution in [-0.4, -0.2) is 46.2 Å². The molecule has 162 valence electrons. The maximum atomic E-state index is 12.5. The van der Waals surface area contributed by atoms with E-state index in [9.17, 15) is 9.59 Å². The summed E-state index contributed by atoms with van der Waals surface area (Å²) in [5.74, 6) is 0.692. The lowest BCUT2D eigenvalue weighted by Crippen LogP contribution is -2.26. The van der Waals surface area contributed by atoms with Gasteiger partial charge in [-0.1, -0.05) is 0 Å². The fourth-order valence-electron chi connectivity index (χ4n) is 3.24. The molecule has 0 unspecified atom stereocenters. The van der Waals surface area contributed by atoms with E-state index < -0.39 is 0 Å². The van der Waals surface area contributed by atoms with Gasteiger partial charge in [-0.2, -0.15) is 0 Å². The number of hydrogen-bond donors (Lipinski definition) is 4. The zero-order valence-electron chi connectivity index (χ0n) is 17.3. The third-order valence-corrected chi connectivity index (χ3v) is 4.81. The van der Waals surface area contributed by atoms with Crippen LogP contribution in [0.15, 0.2) is 65.8 Å². The molecular formula is C23H21N5O4. The summed E-state index contributed by atoms with van der Waals surface area (Å²) >= 11 is 0. The lowest BCUT2D eigenvalue weighted by Gasteiger charge is -2.12. The normalized spacial score (nSPS) is 10.7. The van der Waals surface area contributed by atoms with Gasteiger partial charge < -0.3 is 25.5 Å². The standard InChI is InChI=1S/C23H21N5O4/c1-32-18-10-16(12-24-13-18)19-11-15-6-7-25-23(31)20(15)21(28-19)27-17-4-2-14(3-5-17)22(30)26-8-9-29/h2-7,10-13,29H,8-9H2,1H3,(H,25,31)(H,26,30)(H,27,28). The van der Waals surface area contributed by atoms with Crippen LogP contribution in [0.5, 0.6) is 5.75 Å². The summed E-state index contributed by atoms with van der Waals surface area (Å²) in [4.78, 5) is 36.1. The molecule has 32 heavy (non-hydrogen) atoms. The molecule has 0 radical (unpaired) electrons. The van der Waals surface area contributed by atoms with Gasteiger partial charge in [0.25, 0.3) is 11.5 Å². The Labute approximate surface area is 183 Å². The molecule has 0 atom stereocenters. The first kappa shape index (κ1) is 21.0. The van der Waals surface area contributed by atoms with Crippen molar-refractivity contribution in [1.82, 2.24) is 20.3 Å². The molecule has 0 bridgehead atoms. The van der Waals surface area contributed by atoms with E-state index in [0.717, 1.165) is 5.56 Å². The number of nitrogens with zero attached hydrogens (tertiary/aromatic N) is 2. The van der Waals surface area contributed by atoms with Crippen LogP contribution >= 0.6 is 0 Å². The first-order valence-electron chi connectivity index (χ1n) is 9.87. The first-order valence-corrected chi connectivity index (χ1v) is 9.87. The number of H-pyrrole nitrogens is 1. The van der Waals surface area contributed by atoms with Crippen LogP contribution in [-0.2, 0) is 0 Å². The molecule has 1 amide bonds. The van der Waals surface area contributed by atoms with Gasteiger partial charge in [-0.05, 0) is 47.9 Å². The molecule has 4 rings (SSSR count). The molecule has 0 saturated carbocycles. The highest BCUT2D eigenvalue weighted by atomic mass is 16.5. The summed E-state index contributed by atoms with van der Waals surface area (Å²) in [5, 5.41) is 15.8. The van der Waals surface area contributed by atoms with Crippen LogP contribution < -0.4 is 20.9 Å². The van der Waals surface area contributed by atoms with Crippen LogP contribution in [0.4, 0.5) is 11.5 Å². The second-order valence-electron chi connectivity index (χ2n) is 6.92. The Morgan fingerprint density at radius 3 is 2.72 bits per heavy atom. The molecule has 3 heterocycles. The molecule has 0 aliphatic rings. The summed E-state index contributed by atoms with van der Waals surface area (Å²) in [6.45, 7) is 0.0568. The maximum absolute atomic E-state index is 12.5. The predicted octanol–water partition coefficient (Wildman–Crippen LogP) is 2.46. The van der Waals surface area contributed by atoms with Crippen molar-refractivity contribution in [1.29, 1.82) is 0 Å². The smallest absolute Gasteiger partial charge is 0.259 e. The van der Waals surface area contributed by atoms with Gasteiger partial charge in [-0.15, -0.1) is 0 Å². The number of aliphatic hydroxyl groups is 1. The van der Waals surface area contributed by atoms with Crippen molar-refractivity contribution >= 4 is 28.2 Å². The number of aromatic nitrogens is 3. The van der Waals surface area contributed by atoms with E-state index in [-0.39, 0.29) is 24.6 Å². The highest BCUT2D eigenvalue weighted by Gasteiger charge is 2.13. The number of benzene rings is 1. The van der Waals surface area contributed by atoms with Crippen molar-refractivity contribution in [2.24, 2.45) is 0 Å². The van der Waals surface area contributed by atoms with Gasteiger partial charge in [0.15, 0.2) is 0 Å². The van der Waals surface area contributed by atoms with Crippen LogP contribution in [0.2, 0.25) is 0 Å². The van der Waals surface area contributed by atoms with Crippen molar-refractivity contribution in [3.63, 3.8) is 0 Å². The molecule has 9 heteroatoms. The molecule has 1 aromatic carbocycles. The fourth-order valence-corrected chi connectivity index (χ4v) is 3.24. The highest BCUT2D eigenvalue weighted by molar-refractivity contribution is 5.96. The van der Waals surface area contributed by atoms with Gasteiger partial charge in [0, 0.05) is 35.8 Å². The zero-order chi connectivity index (χ0) is 22.5. The largest absolute Gasteiger partial charge is 0.495 e. The Morgan fingerprint density at radius 2 is 1.97 bits per heavy atom. The van der Waals surface area contributed by atoms with E-state index >= 15 is 0 Å². The summed E-state index contributed by atoms with van der Waals surface area (Å²) in [6, 6.07) is 12.2. The molecule has 0 aliphatic carbocycles. The molecule has 0 aliphatic heterocycles. The number of amides is 1. The van der Waals surface area contributed by atoms with Gasteiger partial charge >= 0.3 is 0 Å². The monoisotopic (exact) mass is 431 g/mol. The van der Waals surface area contributed by atoms with E-state index in [1.54, 1.807) is 56.0 Å². The number of nitrogens with one attached hydrogen (secondary N) is 3. The summed E-state index contributed by atoms with van der Waals surface area (Å²) in [5.41, 5.74) is 2.20. The second kappa shape index (κ2) is 9.27. The number of methoxy groups -OCH3 is 1. The summed E-state index contributed by atoms with van der Waals surface area (Å²) in [6.07, 6.45) is 4.86. The Kier molecular flexibility index (Phi) is 6.09. The minimum atomic E-state index is -0.279. The van der Waals surface area contributed by atoms with E-state index in [4.69, 9.17) is 9.84 Å². The number of fused-ring (bicyclic) bond motifs is 1. The van der Waals surface area contributed by atoms with Crippen LogP contribution in [0.1, 0.15) is 10.4 Å². The van der Waals surface area contributed by atoms with Crippen molar-refractivity contribution in [3.8, 4) is 17.0 Å². The number of carbonyl (C=O) groups is 1. The minimum Gasteiger partial charge on any atom is -0.495 e. The Morgan fingerprint density at radius 1 is 1.16 bits per heavy atom. The number of pyridine rings is 3. The molecule has 0 spiro atoms. The van der Waals surface area contributed by atoms with Gasteiger partial charge in [-0.25, -0.2) is 4.98 Å². The molecule has 3 aromatic heterocycles. The van der Waals surface area contributed by atoms with Crippen molar-refractivity contribution in [2.75, 3.05) is 25.6 Å². The topological polar surface area (TPSA) is 129 Å². The van der Waals surface area contributed by atoms with Crippen LogP contribution in [0.25, 0.3) is 22.0 Å². The van der Waals surface area contributed by atoms with E-state index in [1.165, 1.54) is 0 Å². The zero-order valence-corrected chi connectivity index (χ0v) is 17.3. The highest BCUT2D eigenvalue weighted by Crippen LogP contribution is 2.29. The molecule has 4 aromatic rings. The summed E-state index contributed by atoms with van der Waals surface area (Å²) in [7, 11) is 1.56. The molecule has 4 N–H and O–H groups in total. The predicted molar refractivity (Wildman–Crippen MR) is 121 cm³/mol. The van der Waals surface area contributed by atoms with E-state index in [0.29, 0.717) is 39.3 Å². The lowest BCUT2D eigenvalue weighted by atomic mass is 10.1. The van der Waals surface area contributed by atoms with Crippen LogP contribution in [0.3, 0.4) is 0 Å². The number of aliphatic hydroxyl groups excluding tert-OH is 1. The number of aromatic amines is 1. The van der Waals surface area contributed by atoms with Gasteiger partial charge in [0.1, 0.15) is 11.6 Å². The van der Waals surface area contributed by atoms with Crippen molar-refractivity contribution in [3.05, 3.63) is 77.0 Å². The number of anilines is 2. The van der Waals surface area contributed by atoms with E-state index in [1.807, 2.05) is 12.1 Å². The number of carbonyl (C=O) groups excluding carboxylic acids is 1. The number of rotatable bonds is 7. The molecule has 9 nitrogen and oxygen atoms in total. The third kappa shape index (κ3) is 4.42. The maximum Gasteiger partial charge on any atom is 0.259 e. The van der Waals surface area contributed by atoms with Gasteiger partial charge in [-0.3, -0.25) is 14.6 Å². The number of ether oxygens (including phenoxy) is 1. The van der Waals surface area contributed by atoms with E-state index in [2.05, 4.69) is 25.6 Å². The Hall–Kier alpha value is -4.24. The SMILES string of the molecule is COc1cncc(-c2cc3cc[nH]c(=O)c3c(Nc3ccc(C(=O)NCCO)cc3)n2)c1.